The summed E-state index contributed by atoms with van der Waals surface area (Å²) in [6.45, 7) is 0.553. The molecule has 0 unspecified atom stereocenters. The number of hydrogen-bond acceptors (Lipinski definition) is 2. The second-order valence-corrected chi connectivity index (χ2v) is 8.14. The molecule has 0 aliphatic heterocycles. The number of amides is 1. The van der Waals surface area contributed by atoms with Crippen molar-refractivity contribution < 1.29 is 4.79 Å². The van der Waals surface area contributed by atoms with Crippen LogP contribution in [0.25, 0.3) is 0 Å². The third-order valence-corrected chi connectivity index (χ3v) is 5.28. The van der Waals surface area contributed by atoms with Gasteiger partial charge >= 0.3 is 0 Å². The molecule has 6 heteroatoms. The summed E-state index contributed by atoms with van der Waals surface area (Å²) in [5, 5.41) is 2.92. The van der Waals surface area contributed by atoms with E-state index in [2.05, 4.69) is 59.8 Å². The van der Waals surface area contributed by atoms with E-state index < -0.39 is 0 Å². The number of nitrogens with one attached hydrogen (secondary N) is 1. The van der Waals surface area contributed by atoms with Gasteiger partial charge < -0.3 is 5.32 Å². The molecule has 2 nitrogen and oxygen atoms in total. The molecular weight excluding hydrogens is 493 g/mol. The number of halogens is 3. The zero-order valence-electron chi connectivity index (χ0n) is 9.04. The predicted molar refractivity (Wildman–Crippen MR) is 90.0 cm³/mol. The van der Waals surface area contributed by atoms with E-state index in [-0.39, 0.29) is 5.91 Å². The normalized spacial score (nSPS) is 10.4. The summed E-state index contributed by atoms with van der Waals surface area (Å²) in [6, 6.07) is 9.66. The summed E-state index contributed by atoms with van der Waals surface area (Å²) in [5.41, 5.74) is 0.695. The SMILES string of the molecule is O=C(NCc1ccc(Br)s1)c1cc(Br)ccc1I. The van der Waals surface area contributed by atoms with Crippen LogP contribution in [0.15, 0.2) is 38.6 Å². The number of rotatable bonds is 3. The van der Waals surface area contributed by atoms with Crippen LogP contribution in [0.5, 0.6) is 0 Å². The molecule has 1 N–H and O–H groups in total. The standard InChI is InChI=1S/C12H8Br2INOS/c13-7-1-3-10(15)9(5-7)12(17)16-6-8-2-4-11(14)18-8/h1-5H,6H2,(H,16,17). The minimum absolute atomic E-state index is 0.0507. The first-order valence-electron chi connectivity index (χ1n) is 5.04. The highest BCUT2D eigenvalue weighted by Gasteiger charge is 2.10. The van der Waals surface area contributed by atoms with E-state index in [1.807, 2.05) is 30.3 Å². The zero-order valence-corrected chi connectivity index (χ0v) is 15.2. The summed E-state index contributed by atoms with van der Waals surface area (Å²) >= 11 is 10.6. The summed E-state index contributed by atoms with van der Waals surface area (Å²) in [6.07, 6.45) is 0. The predicted octanol–water partition coefficient (Wildman–Crippen LogP) is 4.81. The Kier molecular flexibility index (Phi) is 5.23. The van der Waals surface area contributed by atoms with Crippen LogP contribution in [0, 0.1) is 3.57 Å². The highest BCUT2D eigenvalue weighted by molar-refractivity contribution is 14.1. The fraction of sp³-hybridized carbons (Fsp3) is 0.0833. The lowest BCUT2D eigenvalue weighted by molar-refractivity contribution is 0.0950. The van der Waals surface area contributed by atoms with Gasteiger partial charge in [0.25, 0.3) is 5.91 Å². The molecule has 0 radical (unpaired) electrons. The Hall–Kier alpha value is 0.0800. The average molecular weight is 501 g/mol. The summed E-state index contributed by atoms with van der Waals surface area (Å²) < 4.78 is 2.93. The van der Waals surface area contributed by atoms with Gasteiger partial charge in [-0.15, -0.1) is 11.3 Å². The van der Waals surface area contributed by atoms with Crippen molar-refractivity contribution in [1.82, 2.24) is 5.32 Å². The first-order valence-corrected chi connectivity index (χ1v) is 8.52. The summed E-state index contributed by atoms with van der Waals surface area (Å²) in [5.74, 6) is -0.0507. The monoisotopic (exact) mass is 499 g/mol. The number of thiophene rings is 1. The van der Waals surface area contributed by atoms with E-state index in [0.717, 1.165) is 16.7 Å². The lowest BCUT2D eigenvalue weighted by atomic mass is 10.2. The molecule has 1 aromatic carbocycles. The van der Waals surface area contributed by atoms with Crippen molar-refractivity contribution in [2.75, 3.05) is 0 Å². The van der Waals surface area contributed by atoms with Gasteiger partial charge in [0, 0.05) is 12.9 Å². The number of carbonyl (C=O) groups is 1. The second kappa shape index (κ2) is 6.49. The number of benzene rings is 1. The van der Waals surface area contributed by atoms with Crippen LogP contribution in [-0.4, -0.2) is 5.91 Å². The Morgan fingerprint density at radius 2 is 2.06 bits per heavy atom. The molecule has 0 fully saturated rings. The van der Waals surface area contributed by atoms with E-state index in [0.29, 0.717) is 12.1 Å². The Labute approximate surface area is 140 Å². The molecule has 0 aliphatic rings. The highest BCUT2D eigenvalue weighted by Crippen LogP contribution is 2.22. The van der Waals surface area contributed by atoms with Gasteiger partial charge in [-0.3, -0.25) is 4.79 Å². The fourth-order valence-corrected chi connectivity index (χ4v) is 3.75. The highest BCUT2D eigenvalue weighted by atomic mass is 127. The smallest absolute Gasteiger partial charge is 0.252 e. The Bertz CT molecular complexity index is 585. The maximum atomic E-state index is 12.1. The molecule has 1 amide bonds. The lowest BCUT2D eigenvalue weighted by Gasteiger charge is -2.06. The maximum absolute atomic E-state index is 12.1. The molecule has 1 aromatic heterocycles. The van der Waals surface area contributed by atoms with E-state index >= 15 is 0 Å². The quantitative estimate of drug-likeness (QED) is 0.602. The van der Waals surface area contributed by atoms with Crippen molar-refractivity contribution >= 4 is 71.7 Å². The zero-order chi connectivity index (χ0) is 13.1. The van der Waals surface area contributed by atoms with Crippen molar-refractivity contribution in [3.05, 3.63) is 52.6 Å². The van der Waals surface area contributed by atoms with E-state index in [1.165, 1.54) is 0 Å². The second-order valence-electron chi connectivity index (χ2n) is 3.51. The summed E-state index contributed by atoms with van der Waals surface area (Å²) in [4.78, 5) is 13.2. The molecule has 0 saturated heterocycles. The molecule has 2 rings (SSSR count). The van der Waals surface area contributed by atoms with Gasteiger partial charge in [-0.2, -0.15) is 0 Å². The number of hydrogen-bond donors (Lipinski definition) is 1. The third-order valence-electron chi connectivity index (χ3n) is 2.23. The van der Waals surface area contributed by atoms with Crippen molar-refractivity contribution in [2.24, 2.45) is 0 Å². The van der Waals surface area contributed by atoms with Gasteiger partial charge in [0.15, 0.2) is 0 Å². The van der Waals surface area contributed by atoms with Crippen molar-refractivity contribution in [2.45, 2.75) is 6.54 Å². The average Bonchev–Trinajstić information content (AvgIpc) is 2.75. The Morgan fingerprint density at radius 3 is 2.72 bits per heavy atom. The van der Waals surface area contributed by atoms with E-state index in [1.54, 1.807) is 11.3 Å². The van der Waals surface area contributed by atoms with Crippen LogP contribution < -0.4 is 5.32 Å². The minimum Gasteiger partial charge on any atom is -0.347 e. The molecule has 0 spiro atoms. The topological polar surface area (TPSA) is 29.1 Å². The van der Waals surface area contributed by atoms with Crippen molar-refractivity contribution in [3.8, 4) is 0 Å². The van der Waals surface area contributed by atoms with E-state index in [4.69, 9.17) is 0 Å². The van der Waals surface area contributed by atoms with Crippen LogP contribution in [-0.2, 0) is 6.54 Å². The van der Waals surface area contributed by atoms with Crippen molar-refractivity contribution in [1.29, 1.82) is 0 Å². The molecule has 0 atom stereocenters. The minimum atomic E-state index is -0.0507. The number of carbonyl (C=O) groups excluding carboxylic acids is 1. The largest absolute Gasteiger partial charge is 0.347 e. The molecule has 1 heterocycles. The molecule has 0 aliphatic carbocycles. The molecule has 0 bridgehead atoms. The van der Waals surface area contributed by atoms with Crippen LogP contribution in [0.3, 0.4) is 0 Å². The van der Waals surface area contributed by atoms with Gasteiger partial charge in [-0.1, -0.05) is 15.9 Å². The van der Waals surface area contributed by atoms with Crippen LogP contribution >= 0.6 is 65.8 Å². The van der Waals surface area contributed by atoms with E-state index in [9.17, 15) is 4.79 Å². The molecule has 0 saturated carbocycles. The van der Waals surface area contributed by atoms with Crippen LogP contribution in [0.4, 0.5) is 0 Å². The molecular formula is C12H8Br2INOS. The lowest BCUT2D eigenvalue weighted by Crippen LogP contribution is -2.23. The Morgan fingerprint density at radius 1 is 1.28 bits per heavy atom. The van der Waals surface area contributed by atoms with Gasteiger partial charge in [0.05, 0.1) is 15.9 Å². The van der Waals surface area contributed by atoms with Gasteiger partial charge in [-0.05, 0) is 68.9 Å². The Balaban J connectivity index is 2.05. The molecule has 94 valence electrons. The third kappa shape index (κ3) is 3.79. The fourth-order valence-electron chi connectivity index (χ4n) is 1.38. The molecule has 2 aromatic rings. The van der Waals surface area contributed by atoms with Crippen LogP contribution in [0.2, 0.25) is 0 Å². The van der Waals surface area contributed by atoms with Crippen LogP contribution in [0.1, 0.15) is 15.2 Å². The molecule has 18 heavy (non-hydrogen) atoms. The summed E-state index contributed by atoms with van der Waals surface area (Å²) in [7, 11) is 0. The van der Waals surface area contributed by atoms with Crippen molar-refractivity contribution in [3.63, 3.8) is 0 Å². The first kappa shape index (κ1) is 14.5. The van der Waals surface area contributed by atoms with Gasteiger partial charge in [0.2, 0.25) is 0 Å². The van der Waals surface area contributed by atoms with Gasteiger partial charge in [-0.25, -0.2) is 0 Å². The maximum Gasteiger partial charge on any atom is 0.252 e. The van der Waals surface area contributed by atoms with Gasteiger partial charge in [0.1, 0.15) is 0 Å². The first-order chi connectivity index (χ1) is 8.56.